The molecule has 0 bridgehead atoms. The maximum absolute atomic E-state index is 13.8. The van der Waals surface area contributed by atoms with E-state index in [4.69, 9.17) is 9.47 Å². The predicted octanol–water partition coefficient (Wildman–Crippen LogP) is 5.99. The van der Waals surface area contributed by atoms with Gasteiger partial charge in [0, 0.05) is 35.6 Å². The third-order valence-corrected chi connectivity index (χ3v) is 11.1. The van der Waals surface area contributed by atoms with E-state index in [0.717, 1.165) is 27.0 Å². The summed E-state index contributed by atoms with van der Waals surface area (Å²) in [7, 11) is -4.02. The summed E-state index contributed by atoms with van der Waals surface area (Å²) >= 11 is 1.40. The van der Waals surface area contributed by atoms with Crippen LogP contribution in [0.4, 0.5) is 5.69 Å². The highest BCUT2D eigenvalue weighted by molar-refractivity contribution is 7.99. The second kappa shape index (κ2) is 16.6. The van der Waals surface area contributed by atoms with Crippen LogP contribution in [0.15, 0.2) is 137 Å². The first-order chi connectivity index (χ1) is 24.7. The lowest BCUT2D eigenvalue weighted by Gasteiger charge is -2.36. The Balaban J connectivity index is 1.22. The van der Waals surface area contributed by atoms with E-state index in [1.807, 2.05) is 73.7 Å². The summed E-state index contributed by atoms with van der Waals surface area (Å²) < 4.78 is 43.1. The molecule has 1 aliphatic rings. The van der Waals surface area contributed by atoms with E-state index in [1.54, 1.807) is 42.5 Å². The molecular formula is C39H39N3O7S2. The minimum absolute atomic E-state index is 0.0677. The number of nitrogens with one attached hydrogen (secondary N) is 2. The molecule has 1 saturated heterocycles. The van der Waals surface area contributed by atoms with Crippen LogP contribution in [-0.2, 0) is 37.3 Å². The number of pyridine rings is 1. The van der Waals surface area contributed by atoms with Gasteiger partial charge in [-0.15, -0.1) is 0 Å². The van der Waals surface area contributed by atoms with Crippen molar-refractivity contribution in [2.45, 2.75) is 60.8 Å². The summed E-state index contributed by atoms with van der Waals surface area (Å²) in [6, 6.07) is 34.4. The third kappa shape index (κ3) is 9.61. The number of sulfonamides is 1. The SMILES string of the molecule is Cc1ccc(S(=O)(=O)N[C@H](Cc2ccccc2)C(=O)Nc2cccc([C@@H]3O[C@H](CSc4cccc[n+]4[O-])C[C@H](c4ccc(CO)cc4)O3)c2)cc1. The van der Waals surface area contributed by atoms with E-state index in [2.05, 4.69) is 10.0 Å². The minimum atomic E-state index is -4.02. The molecule has 3 N–H and O–H groups in total. The van der Waals surface area contributed by atoms with Crippen LogP contribution in [0.1, 0.15) is 46.6 Å². The molecule has 0 radical (unpaired) electrons. The van der Waals surface area contributed by atoms with Crippen LogP contribution in [0, 0.1) is 12.1 Å². The average Bonchev–Trinajstić information content (AvgIpc) is 3.15. The molecule has 1 amide bonds. The van der Waals surface area contributed by atoms with Gasteiger partial charge in [-0.1, -0.05) is 96.2 Å². The molecule has 12 heteroatoms. The number of ether oxygens (including phenoxy) is 2. The summed E-state index contributed by atoms with van der Waals surface area (Å²) in [4.78, 5) is 13.9. The van der Waals surface area contributed by atoms with E-state index in [9.17, 15) is 23.5 Å². The standard InChI is InChI=1S/C39H39N3O7S2/c1-27-13-19-34(20-14-27)51(46,47)41-35(22-28-8-3-2-4-9-28)38(44)40-32-11-7-10-31(23-32)39-48-33(26-50-37-12-5-6-21-42(37)45)24-36(49-39)30-17-15-29(25-43)16-18-30/h2-21,23,33,35-36,39,41,43H,22,24-26H2,1H3,(H,40,44)/t33-,35+,36+,39+/m0/s1. The molecule has 0 saturated carbocycles. The molecule has 2 heterocycles. The average molecular weight is 726 g/mol. The Hall–Kier alpha value is -4.56. The molecule has 0 aliphatic carbocycles. The van der Waals surface area contributed by atoms with Crippen molar-refractivity contribution in [3.05, 3.63) is 161 Å². The highest BCUT2D eigenvalue weighted by Crippen LogP contribution is 2.39. The Morgan fingerprint density at radius 1 is 0.902 bits per heavy atom. The van der Waals surface area contributed by atoms with Crippen molar-refractivity contribution in [1.82, 2.24) is 4.72 Å². The number of hydrogen-bond donors (Lipinski definition) is 3. The number of rotatable bonds is 13. The number of aliphatic hydroxyl groups is 1. The normalized spacial score (nSPS) is 18.2. The number of benzene rings is 4. The lowest BCUT2D eigenvalue weighted by molar-refractivity contribution is -0.645. The zero-order chi connectivity index (χ0) is 35.8. The second-order valence-corrected chi connectivity index (χ2v) is 15.1. The van der Waals surface area contributed by atoms with Crippen molar-refractivity contribution < 1.29 is 32.5 Å². The smallest absolute Gasteiger partial charge is 0.251 e. The molecular weight excluding hydrogens is 687 g/mol. The van der Waals surface area contributed by atoms with E-state index >= 15 is 0 Å². The van der Waals surface area contributed by atoms with Gasteiger partial charge in [0.2, 0.25) is 15.9 Å². The van der Waals surface area contributed by atoms with E-state index < -0.39 is 28.3 Å². The van der Waals surface area contributed by atoms with Crippen molar-refractivity contribution in [3.63, 3.8) is 0 Å². The highest BCUT2D eigenvalue weighted by atomic mass is 32.2. The fraction of sp³-hybridized carbons (Fsp3) is 0.231. The maximum Gasteiger partial charge on any atom is 0.251 e. The number of carbonyl (C=O) groups excluding carboxylic acids is 1. The number of amides is 1. The van der Waals surface area contributed by atoms with Crippen LogP contribution in [-0.4, -0.2) is 37.3 Å². The fourth-order valence-corrected chi connectivity index (χ4v) is 7.86. The highest BCUT2D eigenvalue weighted by Gasteiger charge is 2.33. The molecule has 1 fully saturated rings. The molecule has 51 heavy (non-hydrogen) atoms. The van der Waals surface area contributed by atoms with Crippen molar-refractivity contribution in [2.75, 3.05) is 11.1 Å². The predicted molar refractivity (Wildman–Crippen MR) is 195 cm³/mol. The molecule has 4 atom stereocenters. The van der Waals surface area contributed by atoms with Crippen molar-refractivity contribution in [1.29, 1.82) is 0 Å². The quantitative estimate of drug-likeness (QED) is 0.0765. The molecule has 1 aliphatic heterocycles. The lowest BCUT2D eigenvalue weighted by Crippen LogP contribution is -2.45. The van der Waals surface area contributed by atoms with Crippen molar-refractivity contribution in [3.8, 4) is 0 Å². The third-order valence-electron chi connectivity index (χ3n) is 8.47. The summed E-state index contributed by atoms with van der Waals surface area (Å²) in [5.74, 6) is -0.0298. The van der Waals surface area contributed by atoms with Gasteiger partial charge >= 0.3 is 0 Å². The monoisotopic (exact) mass is 725 g/mol. The zero-order valence-electron chi connectivity index (χ0n) is 27.9. The van der Waals surface area contributed by atoms with Crippen molar-refractivity contribution >= 4 is 33.4 Å². The Morgan fingerprint density at radius 2 is 1.65 bits per heavy atom. The summed E-state index contributed by atoms with van der Waals surface area (Å²) in [5, 5.41) is 25.3. The Bertz CT molecular complexity index is 2030. The molecule has 6 rings (SSSR count). The van der Waals surface area contributed by atoms with Crippen LogP contribution in [0.5, 0.6) is 0 Å². The first-order valence-electron chi connectivity index (χ1n) is 16.5. The number of thioether (sulfide) groups is 1. The molecule has 4 aromatic carbocycles. The second-order valence-electron chi connectivity index (χ2n) is 12.3. The summed E-state index contributed by atoms with van der Waals surface area (Å²) in [6.45, 7) is 1.80. The van der Waals surface area contributed by atoms with E-state index in [1.165, 1.54) is 30.1 Å². The number of aromatic nitrogens is 1. The van der Waals surface area contributed by atoms with E-state index in [-0.39, 0.29) is 30.1 Å². The first-order valence-corrected chi connectivity index (χ1v) is 19.0. The fourth-order valence-electron chi connectivity index (χ4n) is 5.73. The van der Waals surface area contributed by atoms with Gasteiger partial charge in [0.25, 0.3) is 5.03 Å². The number of hydrogen-bond acceptors (Lipinski definition) is 8. The molecule has 1 aromatic heterocycles. The largest absolute Gasteiger partial charge is 0.618 e. The van der Waals surface area contributed by atoms with Crippen LogP contribution in [0.2, 0.25) is 0 Å². The summed E-state index contributed by atoms with van der Waals surface area (Å²) in [6.07, 6.45) is 0.681. The van der Waals surface area contributed by atoms with Crippen LogP contribution < -0.4 is 14.8 Å². The molecule has 0 spiro atoms. The van der Waals surface area contributed by atoms with Gasteiger partial charge in [0.1, 0.15) is 6.04 Å². The van der Waals surface area contributed by atoms with Gasteiger partial charge < -0.3 is 25.1 Å². The van der Waals surface area contributed by atoms with Crippen molar-refractivity contribution in [2.24, 2.45) is 0 Å². The molecule has 0 unspecified atom stereocenters. The van der Waals surface area contributed by atoms with Crippen LogP contribution >= 0.6 is 11.8 Å². The zero-order valence-corrected chi connectivity index (χ0v) is 29.6. The number of carbonyl (C=O) groups is 1. The first kappa shape index (κ1) is 36.2. The van der Waals surface area contributed by atoms with Crippen LogP contribution in [0.25, 0.3) is 0 Å². The topological polar surface area (TPSA) is 141 Å². The lowest BCUT2D eigenvalue weighted by atomic mass is 10.0. The molecule has 10 nitrogen and oxygen atoms in total. The Morgan fingerprint density at radius 3 is 2.37 bits per heavy atom. The minimum Gasteiger partial charge on any atom is -0.618 e. The maximum atomic E-state index is 13.8. The van der Waals surface area contributed by atoms with E-state index in [0.29, 0.717) is 28.5 Å². The van der Waals surface area contributed by atoms with Gasteiger partial charge in [0.15, 0.2) is 12.5 Å². The number of anilines is 1. The van der Waals surface area contributed by atoms with Crippen LogP contribution in [0.3, 0.4) is 0 Å². The number of aryl methyl sites for hydroxylation is 1. The molecule has 264 valence electrons. The number of nitrogens with zero attached hydrogens (tertiary/aromatic N) is 1. The number of aliphatic hydroxyl groups excluding tert-OH is 1. The van der Waals surface area contributed by atoms with Gasteiger partial charge in [-0.2, -0.15) is 9.45 Å². The Kier molecular flexibility index (Phi) is 11.8. The van der Waals surface area contributed by atoms with Gasteiger partial charge in [-0.25, -0.2) is 8.42 Å². The molecule has 5 aromatic rings. The Labute approximate surface area is 302 Å². The van der Waals surface area contributed by atoms with Gasteiger partial charge in [-0.3, -0.25) is 4.79 Å². The van der Waals surface area contributed by atoms with Gasteiger partial charge in [0.05, 0.1) is 23.7 Å². The van der Waals surface area contributed by atoms with Gasteiger partial charge in [-0.05, 0) is 60.4 Å². The summed E-state index contributed by atoms with van der Waals surface area (Å²) in [5.41, 5.74) is 4.51.